The van der Waals surface area contributed by atoms with E-state index in [1.807, 2.05) is 30.3 Å². The predicted molar refractivity (Wildman–Crippen MR) is 151 cm³/mol. The molecule has 0 amide bonds. The maximum atomic E-state index is 11.2. The number of allylic oxidation sites excluding steroid dienone is 2. The number of ether oxygens (including phenoxy) is 1. The van der Waals surface area contributed by atoms with E-state index in [1.165, 1.54) is 19.2 Å². The van der Waals surface area contributed by atoms with Crippen molar-refractivity contribution in [1.82, 2.24) is 9.97 Å². The van der Waals surface area contributed by atoms with E-state index in [9.17, 15) is 4.79 Å². The van der Waals surface area contributed by atoms with Crippen molar-refractivity contribution >= 4 is 64.7 Å². The highest BCUT2D eigenvalue weighted by Gasteiger charge is 2.14. The predicted octanol–water partition coefficient (Wildman–Crippen LogP) is 6.03. The fourth-order valence-corrected chi connectivity index (χ4v) is 4.61. The van der Waals surface area contributed by atoms with Gasteiger partial charge in [0, 0.05) is 17.1 Å². The maximum Gasteiger partial charge on any atom is 0.229 e. The highest BCUT2D eigenvalue weighted by Crippen LogP contribution is 2.38. The lowest BCUT2D eigenvalue weighted by Gasteiger charge is -2.19. The standard InChI is InChI=1S/C26H29ClN5O2P/c1-17(11-12-18(2)33)29-19-13-14-23(34-3)22(15-19)31-26-28-16-20(27)25(32-26)30-21-9-7-8-10-24(21)35(4,5)6/h7-16,29H,1,4H2,2-3,5-6H3,(H2,28,30,31,32)/b12-11+. The van der Waals surface area contributed by atoms with E-state index in [0.717, 1.165) is 16.7 Å². The fourth-order valence-electron chi connectivity index (χ4n) is 3.20. The smallest absolute Gasteiger partial charge is 0.229 e. The van der Waals surface area contributed by atoms with E-state index in [2.05, 4.69) is 58.2 Å². The molecule has 0 aliphatic rings. The van der Waals surface area contributed by atoms with Crippen LogP contribution in [0.15, 0.2) is 73.1 Å². The maximum absolute atomic E-state index is 11.2. The first kappa shape index (κ1) is 26.1. The molecule has 182 valence electrons. The number of carbonyl (C=O) groups is 1. The van der Waals surface area contributed by atoms with Gasteiger partial charge in [-0.15, -0.1) is 0 Å². The van der Waals surface area contributed by atoms with Crippen molar-refractivity contribution in [3.63, 3.8) is 0 Å². The fraction of sp³-hybridized carbons (Fsp3) is 0.154. The summed E-state index contributed by atoms with van der Waals surface area (Å²) in [5.74, 6) is 1.35. The van der Waals surface area contributed by atoms with Crippen LogP contribution in [0.3, 0.4) is 0 Å². The van der Waals surface area contributed by atoms with Gasteiger partial charge >= 0.3 is 0 Å². The third-order valence-electron chi connectivity index (χ3n) is 4.82. The number of anilines is 5. The Labute approximate surface area is 211 Å². The molecule has 0 aliphatic carbocycles. The number of hydrogen-bond acceptors (Lipinski definition) is 7. The Kier molecular flexibility index (Phi) is 8.39. The van der Waals surface area contributed by atoms with Gasteiger partial charge in [-0.1, -0.05) is 49.6 Å². The highest BCUT2D eigenvalue weighted by atomic mass is 35.5. The largest absolute Gasteiger partial charge is 0.495 e. The number of rotatable bonds is 10. The molecular weight excluding hydrogens is 481 g/mol. The Bertz CT molecular complexity index is 1330. The summed E-state index contributed by atoms with van der Waals surface area (Å²) in [5.41, 5.74) is 2.86. The molecular formula is C26H29ClN5O2P. The number of carbonyl (C=O) groups excluding carboxylic acids is 1. The van der Waals surface area contributed by atoms with Gasteiger partial charge in [0.1, 0.15) is 10.8 Å². The lowest BCUT2D eigenvalue weighted by molar-refractivity contribution is -0.112. The summed E-state index contributed by atoms with van der Waals surface area (Å²) in [4.78, 5) is 20.1. The lowest BCUT2D eigenvalue weighted by Crippen LogP contribution is -2.11. The quantitative estimate of drug-likeness (QED) is 0.175. The second kappa shape index (κ2) is 11.3. The molecule has 1 heterocycles. The minimum atomic E-state index is -1.53. The topological polar surface area (TPSA) is 88.2 Å². The van der Waals surface area contributed by atoms with Gasteiger partial charge in [-0.2, -0.15) is 4.98 Å². The molecule has 2 aromatic carbocycles. The molecule has 0 bridgehead atoms. The Morgan fingerprint density at radius 2 is 1.86 bits per heavy atom. The molecule has 9 heteroatoms. The molecule has 0 fully saturated rings. The third kappa shape index (κ3) is 7.22. The number of nitrogens with one attached hydrogen (secondary N) is 3. The van der Waals surface area contributed by atoms with Crippen LogP contribution in [0.2, 0.25) is 5.02 Å². The van der Waals surface area contributed by atoms with Gasteiger partial charge < -0.3 is 20.7 Å². The van der Waals surface area contributed by atoms with Crippen molar-refractivity contribution in [2.45, 2.75) is 6.92 Å². The van der Waals surface area contributed by atoms with Crippen molar-refractivity contribution in [3.05, 3.63) is 78.1 Å². The average molecular weight is 510 g/mol. The number of para-hydroxylation sites is 1. The summed E-state index contributed by atoms with van der Waals surface area (Å²) in [7, 11) is 1.58. The third-order valence-corrected chi connectivity index (χ3v) is 6.79. The molecule has 0 atom stereocenters. The Morgan fingerprint density at radius 3 is 2.54 bits per heavy atom. The molecule has 3 rings (SSSR count). The second-order valence-electron chi connectivity index (χ2n) is 8.35. The van der Waals surface area contributed by atoms with Crippen LogP contribution in [0.1, 0.15) is 6.92 Å². The second-order valence-corrected chi connectivity index (χ2v) is 12.6. The first-order valence-corrected chi connectivity index (χ1v) is 14.0. The molecule has 3 N–H and O–H groups in total. The van der Waals surface area contributed by atoms with E-state index in [-0.39, 0.29) is 5.78 Å². The summed E-state index contributed by atoms with van der Waals surface area (Å²) < 4.78 is 5.49. The van der Waals surface area contributed by atoms with Crippen molar-refractivity contribution in [2.24, 2.45) is 0 Å². The number of ketones is 1. The van der Waals surface area contributed by atoms with E-state index >= 15 is 0 Å². The highest BCUT2D eigenvalue weighted by molar-refractivity contribution is 7.79. The number of benzene rings is 2. The molecule has 0 spiro atoms. The number of aromatic nitrogens is 2. The van der Waals surface area contributed by atoms with E-state index in [4.69, 9.17) is 16.3 Å². The molecule has 7 nitrogen and oxygen atoms in total. The number of nitrogens with zero attached hydrogens (tertiary/aromatic N) is 2. The van der Waals surface area contributed by atoms with E-state index < -0.39 is 6.89 Å². The number of halogens is 1. The monoisotopic (exact) mass is 509 g/mol. The SMILES string of the molecule is C=C(/C=C/C(C)=O)Nc1ccc(OC)c(Nc2ncc(Cl)c(Nc3ccccc3P(=C)(C)C)n2)c1. The lowest BCUT2D eigenvalue weighted by atomic mass is 10.2. The van der Waals surface area contributed by atoms with Crippen molar-refractivity contribution in [2.75, 3.05) is 36.4 Å². The van der Waals surface area contributed by atoms with Crippen molar-refractivity contribution < 1.29 is 9.53 Å². The first-order valence-electron chi connectivity index (χ1n) is 10.7. The zero-order valence-corrected chi connectivity index (χ0v) is 21.9. The summed E-state index contributed by atoms with van der Waals surface area (Å²) in [6.45, 7) is 8.17. The van der Waals surface area contributed by atoms with Crippen LogP contribution in [0.5, 0.6) is 5.75 Å². The van der Waals surface area contributed by atoms with Crippen LogP contribution in [-0.4, -0.2) is 42.5 Å². The van der Waals surface area contributed by atoms with Crippen LogP contribution in [0.25, 0.3) is 0 Å². The number of hydrogen-bond donors (Lipinski definition) is 3. The molecule has 0 saturated heterocycles. The van der Waals surface area contributed by atoms with Gasteiger partial charge in [0.2, 0.25) is 5.95 Å². The summed E-state index contributed by atoms with van der Waals surface area (Å²) in [5, 5.41) is 11.2. The number of methoxy groups -OCH3 is 1. The molecule has 0 radical (unpaired) electrons. The van der Waals surface area contributed by atoms with Gasteiger partial charge in [-0.05, 0) is 62.0 Å². The van der Waals surface area contributed by atoms with Gasteiger partial charge in [-0.25, -0.2) is 4.98 Å². The minimum Gasteiger partial charge on any atom is -0.495 e. The Hall–Kier alpha value is -3.54. The van der Waals surface area contributed by atoms with Gasteiger partial charge in [0.15, 0.2) is 11.6 Å². The van der Waals surface area contributed by atoms with Crippen molar-refractivity contribution in [1.29, 1.82) is 0 Å². The Morgan fingerprint density at radius 1 is 1.11 bits per heavy atom. The molecule has 3 aromatic rings. The van der Waals surface area contributed by atoms with E-state index in [1.54, 1.807) is 19.3 Å². The van der Waals surface area contributed by atoms with Gasteiger partial charge in [0.25, 0.3) is 0 Å². The summed E-state index contributed by atoms with van der Waals surface area (Å²) in [6, 6.07) is 13.5. The van der Waals surface area contributed by atoms with Crippen LogP contribution < -0.4 is 26.0 Å². The van der Waals surface area contributed by atoms with Gasteiger partial charge in [-0.3, -0.25) is 4.79 Å². The van der Waals surface area contributed by atoms with Crippen LogP contribution in [0, 0.1) is 0 Å². The normalized spacial score (nSPS) is 11.2. The first-order chi connectivity index (χ1) is 16.6. The van der Waals surface area contributed by atoms with Crippen LogP contribution in [-0.2, 0) is 4.79 Å². The molecule has 0 aliphatic heterocycles. The van der Waals surface area contributed by atoms with E-state index in [0.29, 0.717) is 33.9 Å². The summed E-state index contributed by atoms with van der Waals surface area (Å²) >= 11 is 6.41. The average Bonchev–Trinajstić information content (AvgIpc) is 2.80. The molecule has 0 unspecified atom stereocenters. The summed E-state index contributed by atoms with van der Waals surface area (Å²) in [6.07, 6.45) is 8.96. The molecule has 0 saturated carbocycles. The zero-order chi connectivity index (χ0) is 25.6. The Balaban J connectivity index is 1.88. The molecule has 35 heavy (non-hydrogen) atoms. The van der Waals surface area contributed by atoms with Gasteiger partial charge in [0.05, 0.1) is 19.0 Å². The van der Waals surface area contributed by atoms with Crippen molar-refractivity contribution in [3.8, 4) is 5.75 Å². The minimum absolute atomic E-state index is 0.0578. The zero-order valence-electron chi connectivity index (χ0n) is 20.2. The van der Waals surface area contributed by atoms with Crippen LogP contribution >= 0.6 is 18.5 Å². The van der Waals surface area contributed by atoms with Crippen LogP contribution in [0.4, 0.5) is 28.8 Å². The molecule has 1 aromatic heterocycles.